The highest BCUT2D eigenvalue weighted by atomic mass is 79.9. The van der Waals surface area contributed by atoms with E-state index in [-0.39, 0.29) is 0 Å². The second-order valence-corrected chi connectivity index (χ2v) is 2.56. The molecule has 1 aromatic rings. The third-order valence-electron chi connectivity index (χ3n) is 0.986. The molecule has 5 heteroatoms. The van der Waals surface area contributed by atoms with Crippen LogP contribution in [0.3, 0.4) is 0 Å². The summed E-state index contributed by atoms with van der Waals surface area (Å²) in [5, 5.41) is 0. The molecule has 0 aliphatic heterocycles. The Kier molecular flexibility index (Phi) is 1.76. The maximum Gasteiger partial charge on any atom is 0.417 e. The van der Waals surface area contributed by atoms with Crippen LogP contribution in [0.1, 0.15) is 5.56 Å². The highest BCUT2D eigenvalue weighted by Gasteiger charge is 2.31. The summed E-state index contributed by atoms with van der Waals surface area (Å²) < 4.78 is 36.5. The lowest BCUT2D eigenvalue weighted by Gasteiger charge is -2.00. The summed E-state index contributed by atoms with van der Waals surface area (Å²) in [6.45, 7) is 0. The largest absolute Gasteiger partial charge is 0.417 e. The van der Waals surface area contributed by atoms with Crippen LogP contribution in [-0.4, -0.2) is 3.59 Å². The van der Waals surface area contributed by atoms with Crippen molar-refractivity contribution in [3.63, 3.8) is 0 Å². The fraction of sp³-hybridized carbons (Fsp3) is 0.200. The summed E-state index contributed by atoms with van der Waals surface area (Å²) in [6, 6.07) is 0.995. The van der Waals surface area contributed by atoms with Crippen molar-refractivity contribution in [2.24, 2.45) is 0 Å². The molecule has 10 heavy (non-hydrogen) atoms. The quantitative estimate of drug-likeness (QED) is 0.625. The van der Waals surface area contributed by atoms with Gasteiger partial charge >= 0.3 is 6.18 Å². The molecule has 0 spiro atoms. The van der Waals surface area contributed by atoms with Crippen LogP contribution in [0, 0.1) is 0 Å². The Bertz CT molecular complexity index is 227. The van der Waals surface area contributed by atoms with Crippen molar-refractivity contribution in [3.8, 4) is 0 Å². The zero-order chi connectivity index (χ0) is 7.78. The van der Waals surface area contributed by atoms with Gasteiger partial charge in [-0.1, -0.05) is 0 Å². The summed E-state index contributed by atoms with van der Waals surface area (Å²) in [5.41, 5.74) is -0.649. The Labute approximate surface area is 63.8 Å². The fourth-order valence-electron chi connectivity index (χ4n) is 0.538. The van der Waals surface area contributed by atoms with Gasteiger partial charge in [-0.25, -0.2) is 0 Å². The molecule has 1 nitrogen and oxygen atoms in total. The predicted octanol–water partition coefficient (Wildman–Crippen LogP) is 2.66. The first kappa shape index (κ1) is 7.65. The lowest BCUT2D eigenvalue weighted by atomic mass is 10.3. The molecular weight excluding hydrogens is 211 g/mol. The second kappa shape index (κ2) is 2.30. The summed E-state index contributed by atoms with van der Waals surface area (Å²) >= 11 is 2.84. The number of rotatable bonds is 0. The van der Waals surface area contributed by atoms with E-state index in [9.17, 15) is 13.2 Å². The molecule has 0 aliphatic carbocycles. The highest BCUT2D eigenvalue weighted by Crippen LogP contribution is 2.29. The van der Waals surface area contributed by atoms with E-state index in [1.165, 1.54) is 9.79 Å². The van der Waals surface area contributed by atoms with Gasteiger partial charge in [0.25, 0.3) is 0 Å². The van der Waals surface area contributed by atoms with Gasteiger partial charge in [0, 0.05) is 12.4 Å². The molecule has 1 aromatic heterocycles. The van der Waals surface area contributed by atoms with Gasteiger partial charge in [-0.3, -0.25) is 3.59 Å². The Morgan fingerprint density at radius 3 is 2.20 bits per heavy atom. The van der Waals surface area contributed by atoms with E-state index in [1.54, 1.807) is 0 Å². The molecule has 0 unspecified atom stereocenters. The molecule has 0 atom stereocenters. The standard InChI is InChI=1S/C5H3BrF3N/c6-10-2-1-4(3-10)5(7,8)9/h1-3H. The third kappa shape index (κ3) is 1.53. The van der Waals surface area contributed by atoms with Gasteiger partial charge in [0.1, 0.15) is 0 Å². The lowest BCUT2D eigenvalue weighted by Crippen LogP contribution is -2.02. The SMILES string of the molecule is FC(F)(F)c1ccn(Br)c1. The predicted molar refractivity (Wildman–Crippen MR) is 33.8 cm³/mol. The average Bonchev–Trinajstić information content (AvgIpc) is 2.11. The van der Waals surface area contributed by atoms with Gasteiger partial charge < -0.3 is 0 Å². The van der Waals surface area contributed by atoms with E-state index in [4.69, 9.17) is 0 Å². The minimum absolute atomic E-state index is 0.649. The van der Waals surface area contributed by atoms with Crippen molar-refractivity contribution in [2.75, 3.05) is 0 Å². The van der Waals surface area contributed by atoms with Gasteiger partial charge in [-0.15, -0.1) is 0 Å². The molecule has 0 radical (unpaired) electrons. The smallest absolute Gasteiger partial charge is 0.291 e. The van der Waals surface area contributed by atoms with Crippen LogP contribution in [0.4, 0.5) is 13.2 Å². The maximum atomic E-state index is 11.8. The van der Waals surface area contributed by atoms with E-state index in [0.29, 0.717) is 0 Å². The van der Waals surface area contributed by atoms with Gasteiger partial charge in [-0.2, -0.15) is 13.2 Å². The Morgan fingerprint density at radius 1 is 1.40 bits per heavy atom. The first-order valence-corrected chi connectivity index (χ1v) is 3.12. The van der Waals surface area contributed by atoms with Crippen molar-refractivity contribution in [1.29, 1.82) is 0 Å². The van der Waals surface area contributed by atoms with Crippen LogP contribution in [0.15, 0.2) is 18.5 Å². The molecule has 0 saturated heterocycles. The van der Waals surface area contributed by atoms with Crippen LogP contribution in [-0.2, 0) is 6.18 Å². The Hall–Kier alpha value is -0.450. The summed E-state index contributed by atoms with van der Waals surface area (Å²) in [5.74, 6) is 0. The van der Waals surface area contributed by atoms with Gasteiger partial charge in [0.2, 0.25) is 0 Å². The first-order chi connectivity index (χ1) is 4.50. The molecule has 1 rings (SSSR count). The maximum absolute atomic E-state index is 11.8. The summed E-state index contributed by atoms with van der Waals surface area (Å²) in [7, 11) is 0. The van der Waals surface area contributed by atoms with E-state index < -0.39 is 11.7 Å². The number of halogens is 4. The van der Waals surface area contributed by atoms with Crippen molar-refractivity contribution >= 4 is 16.1 Å². The fourth-order valence-corrected chi connectivity index (χ4v) is 0.877. The number of hydrogen-bond acceptors (Lipinski definition) is 0. The Balaban J connectivity index is 2.96. The average molecular weight is 214 g/mol. The van der Waals surface area contributed by atoms with E-state index in [2.05, 4.69) is 16.1 Å². The topological polar surface area (TPSA) is 4.93 Å². The number of alkyl halides is 3. The number of aromatic nitrogens is 1. The van der Waals surface area contributed by atoms with Crippen LogP contribution >= 0.6 is 16.1 Å². The third-order valence-corrected chi connectivity index (χ3v) is 1.43. The van der Waals surface area contributed by atoms with E-state index >= 15 is 0 Å². The van der Waals surface area contributed by atoms with Gasteiger partial charge in [0.15, 0.2) is 0 Å². The molecule has 1 heterocycles. The molecular formula is C5H3BrF3N. The molecule has 0 saturated carbocycles. The number of hydrogen-bond donors (Lipinski definition) is 0. The van der Waals surface area contributed by atoms with Gasteiger partial charge in [0.05, 0.1) is 21.7 Å². The van der Waals surface area contributed by atoms with Crippen molar-refractivity contribution in [2.45, 2.75) is 6.18 Å². The van der Waals surface area contributed by atoms with Crippen LogP contribution < -0.4 is 0 Å². The minimum atomic E-state index is -4.24. The zero-order valence-electron chi connectivity index (χ0n) is 4.69. The van der Waals surface area contributed by atoms with E-state index in [1.807, 2.05) is 0 Å². The van der Waals surface area contributed by atoms with Gasteiger partial charge in [-0.05, 0) is 6.07 Å². The lowest BCUT2D eigenvalue weighted by molar-refractivity contribution is -0.137. The van der Waals surface area contributed by atoms with E-state index in [0.717, 1.165) is 12.3 Å². The first-order valence-electron chi connectivity index (χ1n) is 2.41. The van der Waals surface area contributed by atoms with Crippen LogP contribution in [0.25, 0.3) is 0 Å². The molecule has 0 aromatic carbocycles. The second-order valence-electron chi connectivity index (χ2n) is 1.74. The number of nitrogens with zero attached hydrogens (tertiary/aromatic N) is 1. The van der Waals surface area contributed by atoms with Crippen molar-refractivity contribution < 1.29 is 13.2 Å². The Morgan fingerprint density at radius 2 is 2.00 bits per heavy atom. The molecule has 56 valence electrons. The zero-order valence-corrected chi connectivity index (χ0v) is 6.28. The van der Waals surface area contributed by atoms with Crippen LogP contribution in [0.5, 0.6) is 0 Å². The highest BCUT2D eigenvalue weighted by molar-refractivity contribution is 9.08. The molecule has 0 fully saturated rings. The van der Waals surface area contributed by atoms with Crippen molar-refractivity contribution in [1.82, 2.24) is 3.59 Å². The van der Waals surface area contributed by atoms with Crippen molar-refractivity contribution in [3.05, 3.63) is 24.0 Å². The molecule has 0 bridgehead atoms. The summed E-state index contributed by atoms with van der Waals surface area (Å²) in [6.07, 6.45) is -2.00. The molecule has 0 aliphatic rings. The molecule has 0 N–H and O–H groups in total. The normalized spacial score (nSPS) is 12.0. The summed E-state index contributed by atoms with van der Waals surface area (Å²) in [4.78, 5) is 0. The monoisotopic (exact) mass is 213 g/mol. The van der Waals surface area contributed by atoms with Crippen LogP contribution in [0.2, 0.25) is 0 Å². The minimum Gasteiger partial charge on any atom is -0.291 e. The molecule has 0 amide bonds.